The molecule has 0 atom stereocenters. The molecule has 0 radical (unpaired) electrons. The van der Waals surface area contributed by atoms with E-state index in [0.29, 0.717) is 16.9 Å². The van der Waals surface area contributed by atoms with E-state index in [1.165, 1.54) is 16.5 Å². The van der Waals surface area contributed by atoms with E-state index in [4.69, 9.17) is 0 Å². The summed E-state index contributed by atoms with van der Waals surface area (Å²) in [6, 6.07) is 6.07. The van der Waals surface area contributed by atoms with Crippen molar-refractivity contribution in [1.29, 1.82) is 0 Å². The third-order valence-electron chi connectivity index (χ3n) is 3.00. The molecule has 0 saturated heterocycles. The van der Waals surface area contributed by atoms with Crippen molar-refractivity contribution >= 4 is 5.65 Å². The summed E-state index contributed by atoms with van der Waals surface area (Å²) in [6.45, 7) is 1.72. The zero-order chi connectivity index (χ0) is 15.2. The second kappa shape index (κ2) is 4.44. The maximum Gasteiger partial charge on any atom is 0.416 e. The highest BCUT2D eigenvalue weighted by atomic mass is 19.4. The molecule has 0 amide bonds. The zero-order valence-corrected chi connectivity index (χ0v) is 10.8. The number of nitrogens with one attached hydrogen (secondary N) is 1. The van der Waals surface area contributed by atoms with E-state index in [1.807, 2.05) is 0 Å². The normalized spacial score (nSPS) is 12.0. The number of nitrogens with zero attached hydrogens (tertiary/aromatic N) is 3. The molecule has 0 saturated carbocycles. The molecule has 3 aromatic rings. The fourth-order valence-electron chi connectivity index (χ4n) is 2.05. The number of rotatable bonds is 1. The Bertz CT molecular complexity index is 862. The molecule has 108 valence electrons. The van der Waals surface area contributed by atoms with Gasteiger partial charge in [-0.25, -0.2) is 19.3 Å². The lowest BCUT2D eigenvalue weighted by Crippen LogP contribution is -2.13. The Balaban J connectivity index is 2.21. The maximum atomic E-state index is 12.6. The molecule has 5 nitrogen and oxygen atoms in total. The van der Waals surface area contributed by atoms with Crippen molar-refractivity contribution < 1.29 is 13.2 Å². The van der Waals surface area contributed by atoms with Gasteiger partial charge in [-0.2, -0.15) is 18.3 Å². The van der Waals surface area contributed by atoms with E-state index >= 15 is 0 Å². The predicted molar refractivity (Wildman–Crippen MR) is 68.8 cm³/mol. The van der Waals surface area contributed by atoms with Gasteiger partial charge < -0.3 is 0 Å². The highest BCUT2D eigenvalue weighted by molar-refractivity contribution is 5.60. The SMILES string of the molecule is Cc1cc2n[nH]c(=O)n2c(-c2ccc(C(F)(F)F)cc2)n1. The number of aromatic nitrogens is 4. The van der Waals surface area contributed by atoms with Gasteiger partial charge in [-0.3, -0.25) is 0 Å². The smallest absolute Gasteiger partial charge is 0.246 e. The van der Waals surface area contributed by atoms with Crippen LogP contribution in [0.25, 0.3) is 17.0 Å². The summed E-state index contributed by atoms with van der Waals surface area (Å²) >= 11 is 0. The molecule has 0 spiro atoms. The van der Waals surface area contributed by atoms with Crippen molar-refractivity contribution in [2.75, 3.05) is 0 Å². The number of aryl methyl sites for hydroxylation is 1. The van der Waals surface area contributed by atoms with Gasteiger partial charge in [0.1, 0.15) is 5.82 Å². The molecule has 2 heterocycles. The average molecular weight is 294 g/mol. The van der Waals surface area contributed by atoms with Gasteiger partial charge in [-0.05, 0) is 19.1 Å². The van der Waals surface area contributed by atoms with Crippen LogP contribution in [-0.2, 0) is 6.18 Å². The molecule has 0 bridgehead atoms. The average Bonchev–Trinajstić information content (AvgIpc) is 2.78. The minimum absolute atomic E-state index is 0.248. The first-order chi connectivity index (χ1) is 9.86. The van der Waals surface area contributed by atoms with Crippen LogP contribution in [0.5, 0.6) is 0 Å². The lowest BCUT2D eigenvalue weighted by Gasteiger charge is -2.08. The highest BCUT2D eigenvalue weighted by Gasteiger charge is 2.30. The molecule has 1 aromatic carbocycles. The number of benzene rings is 1. The third kappa shape index (κ3) is 2.28. The molecule has 2 aromatic heterocycles. The van der Waals surface area contributed by atoms with Gasteiger partial charge in [0.15, 0.2) is 5.65 Å². The topological polar surface area (TPSA) is 63.0 Å². The minimum Gasteiger partial charge on any atom is -0.246 e. The van der Waals surface area contributed by atoms with E-state index in [-0.39, 0.29) is 5.82 Å². The summed E-state index contributed by atoms with van der Waals surface area (Å²) in [5.74, 6) is 0.248. The molecule has 0 aliphatic heterocycles. The molecule has 0 unspecified atom stereocenters. The largest absolute Gasteiger partial charge is 0.416 e. The van der Waals surface area contributed by atoms with Crippen molar-refractivity contribution in [3.8, 4) is 11.4 Å². The molecular weight excluding hydrogens is 285 g/mol. The molecule has 1 N–H and O–H groups in total. The van der Waals surface area contributed by atoms with Crippen molar-refractivity contribution in [2.24, 2.45) is 0 Å². The van der Waals surface area contributed by atoms with Crippen LogP contribution in [0.4, 0.5) is 13.2 Å². The Labute approximate surface area is 116 Å². The number of alkyl halides is 3. The van der Waals surface area contributed by atoms with Crippen molar-refractivity contribution in [2.45, 2.75) is 13.1 Å². The van der Waals surface area contributed by atoms with Crippen molar-refractivity contribution in [3.05, 3.63) is 52.1 Å². The maximum absolute atomic E-state index is 12.6. The third-order valence-corrected chi connectivity index (χ3v) is 3.00. The van der Waals surface area contributed by atoms with Gasteiger partial charge in [-0.15, -0.1) is 0 Å². The second-order valence-electron chi connectivity index (χ2n) is 4.52. The van der Waals surface area contributed by atoms with Gasteiger partial charge in [-0.1, -0.05) is 12.1 Å². The van der Waals surface area contributed by atoms with Crippen molar-refractivity contribution in [3.63, 3.8) is 0 Å². The first-order valence-corrected chi connectivity index (χ1v) is 5.99. The monoisotopic (exact) mass is 294 g/mol. The summed E-state index contributed by atoms with van der Waals surface area (Å²) in [5, 5.41) is 6.11. The Kier molecular flexibility index (Phi) is 2.82. The number of hydrogen-bond donors (Lipinski definition) is 1. The van der Waals surface area contributed by atoms with Crippen LogP contribution in [0.1, 0.15) is 11.3 Å². The fraction of sp³-hybridized carbons (Fsp3) is 0.154. The highest BCUT2D eigenvalue weighted by Crippen LogP contribution is 2.30. The van der Waals surface area contributed by atoms with E-state index in [9.17, 15) is 18.0 Å². The van der Waals surface area contributed by atoms with Gasteiger partial charge in [0, 0.05) is 17.3 Å². The van der Waals surface area contributed by atoms with Gasteiger partial charge >= 0.3 is 11.9 Å². The van der Waals surface area contributed by atoms with E-state index < -0.39 is 17.4 Å². The van der Waals surface area contributed by atoms with Crippen LogP contribution in [0, 0.1) is 6.92 Å². The van der Waals surface area contributed by atoms with Crippen LogP contribution in [0.3, 0.4) is 0 Å². The molecule has 21 heavy (non-hydrogen) atoms. The quantitative estimate of drug-likeness (QED) is 0.749. The molecule has 3 rings (SSSR count). The molecular formula is C13H9F3N4O. The summed E-state index contributed by atoms with van der Waals surface area (Å²) < 4.78 is 38.9. The Morgan fingerprint density at radius 2 is 1.86 bits per heavy atom. The Morgan fingerprint density at radius 1 is 1.19 bits per heavy atom. The van der Waals surface area contributed by atoms with Gasteiger partial charge in [0.25, 0.3) is 0 Å². The zero-order valence-electron chi connectivity index (χ0n) is 10.8. The van der Waals surface area contributed by atoms with Crippen molar-refractivity contribution in [1.82, 2.24) is 19.6 Å². The number of aromatic amines is 1. The first kappa shape index (κ1) is 13.3. The standard InChI is InChI=1S/C13H9F3N4O/c1-7-6-10-18-19-12(21)20(10)11(17-7)8-2-4-9(5-3-8)13(14,15)16/h2-6H,1H3,(H,19,21). The van der Waals surface area contributed by atoms with E-state index in [2.05, 4.69) is 15.2 Å². The van der Waals surface area contributed by atoms with Crippen LogP contribution in [0.15, 0.2) is 35.1 Å². The summed E-state index contributed by atoms with van der Waals surface area (Å²) in [5.41, 5.74) is 0.126. The van der Waals surface area contributed by atoms with Crippen LogP contribution < -0.4 is 5.69 Å². The Morgan fingerprint density at radius 3 is 2.48 bits per heavy atom. The molecule has 0 aliphatic carbocycles. The molecule has 0 fully saturated rings. The molecule has 0 aliphatic rings. The van der Waals surface area contributed by atoms with E-state index in [0.717, 1.165) is 12.1 Å². The fourth-order valence-corrected chi connectivity index (χ4v) is 2.05. The number of fused-ring (bicyclic) bond motifs is 1. The number of halogens is 3. The van der Waals surface area contributed by atoms with E-state index in [1.54, 1.807) is 13.0 Å². The second-order valence-corrected chi connectivity index (χ2v) is 4.52. The molecule has 8 heteroatoms. The number of H-pyrrole nitrogens is 1. The predicted octanol–water partition coefficient (Wildman–Crippen LogP) is 2.41. The lowest BCUT2D eigenvalue weighted by molar-refractivity contribution is -0.137. The lowest BCUT2D eigenvalue weighted by atomic mass is 10.1. The first-order valence-electron chi connectivity index (χ1n) is 5.99. The minimum atomic E-state index is -4.40. The summed E-state index contributed by atoms with van der Waals surface area (Å²) in [4.78, 5) is 16.0. The summed E-state index contributed by atoms with van der Waals surface area (Å²) in [7, 11) is 0. The van der Waals surface area contributed by atoms with Crippen LogP contribution in [0.2, 0.25) is 0 Å². The summed E-state index contributed by atoms with van der Waals surface area (Å²) in [6.07, 6.45) is -4.40. The van der Waals surface area contributed by atoms with Crippen LogP contribution >= 0.6 is 0 Å². The number of hydrogen-bond acceptors (Lipinski definition) is 3. The van der Waals surface area contributed by atoms with Crippen LogP contribution in [-0.4, -0.2) is 19.6 Å². The van der Waals surface area contributed by atoms with Gasteiger partial charge in [0.2, 0.25) is 0 Å². The van der Waals surface area contributed by atoms with Gasteiger partial charge in [0.05, 0.1) is 5.56 Å². The Hall–Kier alpha value is -2.64.